The summed E-state index contributed by atoms with van der Waals surface area (Å²) in [5.74, 6) is 3.29. The molecule has 1 aromatic heterocycles. The van der Waals surface area contributed by atoms with Crippen LogP contribution in [-0.2, 0) is 19.4 Å². The molecule has 0 fully saturated rings. The van der Waals surface area contributed by atoms with Crippen LogP contribution in [0, 0.1) is 0 Å². The van der Waals surface area contributed by atoms with Crippen LogP contribution in [0.1, 0.15) is 89.3 Å². The van der Waals surface area contributed by atoms with E-state index in [1.54, 1.807) is 21.3 Å². The summed E-state index contributed by atoms with van der Waals surface area (Å²) in [5.41, 5.74) is 5.13. The van der Waals surface area contributed by atoms with Gasteiger partial charge in [-0.1, -0.05) is 65.2 Å². The van der Waals surface area contributed by atoms with Gasteiger partial charge in [0.1, 0.15) is 0 Å². The van der Waals surface area contributed by atoms with E-state index >= 15 is 0 Å². The molecule has 1 aliphatic rings. The number of aromatic nitrogens is 1. The maximum atomic E-state index is 6.25. The fraction of sp³-hybridized carbons (Fsp3) is 0.559. The van der Waals surface area contributed by atoms with Crippen molar-refractivity contribution in [2.24, 2.45) is 0 Å². The van der Waals surface area contributed by atoms with Gasteiger partial charge in [-0.2, -0.15) is 4.57 Å². The van der Waals surface area contributed by atoms with Crippen molar-refractivity contribution in [1.82, 2.24) is 0 Å². The number of aryl methyl sites for hydroxylation is 2. The molecule has 5 nitrogen and oxygen atoms in total. The quantitative estimate of drug-likeness (QED) is 0.175. The second kappa shape index (κ2) is 16.0. The van der Waals surface area contributed by atoms with Crippen molar-refractivity contribution in [3.63, 3.8) is 0 Å². The van der Waals surface area contributed by atoms with E-state index in [9.17, 15) is 0 Å². The van der Waals surface area contributed by atoms with Gasteiger partial charge >= 0.3 is 0 Å². The summed E-state index contributed by atoms with van der Waals surface area (Å²) in [6.07, 6.45) is 14.4. The van der Waals surface area contributed by atoms with E-state index in [-0.39, 0.29) is 12.4 Å². The minimum Gasteiger partial charge on any atom is -1.00 e. The minimum atomic E-state index is 0. The Labute approximate surface area is 247 Å². The number of ether oxygens (including phenoxy) is 4. The fourth-order valence-electron chi connectivity index (χ4n) is 5.94. The van der Waals surface area contributed by atoms with Gasteiger partial charge in [0.2, 0.25) is 5.69 Å². The first-order valence-corrected chi connectivity index (χ1v) is 15.1. The van der Waals surface area contributed by atoms with Crippen LogP contribution in [0.5, 0.6) is 23.0 Å². The third-order valence-electron chi connectivity index (χ3n) is 8.07. The molecule has 0 unspecified atom stereocenters. The number of benzene rings is 2. The molecule has 0 atom stereocenters. The average molecular weight is 570 g/mol. The van der Waals surface area contributed by atoms with Crippen molar-refractivity contribution in [3.05, 3.63) is 41.6 Å². The topological polar surface area (TPSA) is 40.8 Å². The van der Waals surface area contributed by atoms with Crippen molar-refractivity contribution >= 4 is 10.8 Å². The lowest BCUT2D eigenvalue weighted by Gasteiger charge is -2.22. The highest BCUT2D eigenvalue weighted by atomic mass is 35.5. The molecular weight excluding hydrogens is 522 g/mol. The molecule has 6 heteroatoms. The third kappa shape index (κ3) is 7.15. The molecule has 2 aromatic carbocycles. The first kappa shape index (κ1) is 31.9. The van der Waals surface area contributed by atoms with E-state index in [1.165, 1.54) is 84.7 Å². The maximum absolute atomic E-state index is 6.25. The van der Waals surface area contributed by atoms with Crippen molar-refractivity contribution in [2.75, 3.05) is 27.9 Å². The van der Waals surface area contributed by atoms with E-state index in [4.69, 9.17) is 18.9 Å². The number of hydrogen-bond donors (Lipinski definition) is 0. The highest BCUT2D eigenvalue weighted by Crippen LogP contribution is 2.42. The highest BCUT2D eigenvalue weighted by molar-refractivity contribution is 5.94. The molecule has 0 aliphatic carbocycles. The van der Waals surface area contributed by atoms with Gasteiger partial charge in [-0.05, 0) is 48.1 Å². The Morgan fingerprint density at radius 1 is 0.725 bits per heavy atom. The minimum absolute atomic E-state index is 0. The molecule has 1 aliphatic heterocycles. The number of fused-ring (bicyclic) bond motifs is 4. The van der Waals surface area contributed by atoms with Crippen LogP contribution < -0.4 is 35.9 Å². The Kier molecular flexibility index (Phi) is 12.7. The van der Waals surface area contributed by atoms with Crippen LogP contribution in [0.2, 0.25) is 0 Å². The summed E-state index contributed by atoms with van der Waals surface area (Å²) in [4.78, 5) is 0. The summed E-state index contributed by atoms with van der Waals surface area (Å²) in [6, 6.07) is 10.9. The Balaban J connectivity index is 0.00000441. The van der Waals surface area contributed by atoms with Crippen molar-refractivity contribution < 1.29 is 35.9 Å². The standard InChI is InChI=1S/C34H48NO4.ClH/c1-6-8-10-12-13-15-21-39-32-23-25-19-20-35-28(16-14-11-9-7-2)33-26(17-18-30(36-3)34(33)38-5)22-29(35)27(25)24-31(32)37-4;/h17-18,22-24H,6-16,19-21H2,1-5H3;1H/q+1;/p-1. The van der Waals surface area contributed by atoms with Crippen LogP contribution in [0.4, 0.5) is 0 Å². The monoisotopic (exact) mass is 569 g/mol. The first-order chi connectivity index (χ1) is 19.2. The number of pyridine rings is 1. The Hall–Kier alpha value is -2.66. The number of methoxy groups -OCH3 is 3. The molecule has 0 N–H and O–H groups in total. The lowest BCUT2D eigenvalue weighted by atomic mass is 9.92. The van der Waals surface area contributed by atoms with Gasteiger partial charge in [-0.3, -0.25) is 0 Å². The van der Waals surface area contributed by atoms with Crippen LogP contribution in [0.25, 0.3) is 22.0 Å². The maximum Gasteiger partial charge on any atom is 0.213 e. The van der Waals surface area contributed by atoms with Gasteiger partial charge in [-0.25, -0.2) is 0 Å². The molecule has 220 valence electrons. The van der Waals surface area contributed by atoms with Gasteiger partial charge in [0.05, 0.1) is 38.9 Å². The van der Waals surface area contributed by atoms with Gasteiger partial charge in [0.15, 0.2) is 35.2 Å². The zero-order chi connectivity index (χ0) is 27.6. The zero-order valence-corrected chi connectivity index (χ0v) is 26.0. The molecular formula is C34H48ClNO4. The average Bonchev–Trinajstić information content (AvgIpc) is 2.97. The largest absolute Gasteiger partial charge is 1.00 e. The third-order valence-corrected chi connectivity index (χ3v) is 8.07. The van der Waals surface area contributed by atoms with E-state index in [1.807, 2.05) is 6.07 Å². The number of nitrogens with zero attached hydrogens (tertiary/aromatic N) is 1. The predicted octanol–water partition coefficient (Wildman–Crippen LogP) is 5.24. The number of rotatable bonds is 16. The van der Waals surface area contributed by atoms with E-state index in [0.717, 1.165) is 61.8 Å². The van der Waals surface area contributed by atoms with Crippen molar-refractivity contribution in [1.29, 1.82) is 0 Å². The smallest absolute Gasteiger partial charge is 0.213 e. The fourth-order valence-corrected chi connectivity index (χ4v) is 5.94. The lowest BCUT2D eigenvalue weighted by Crippen LogP contribution is -3.00. The van der Waals surface area contributed by atoms with Crippen LogP contribution in [0.15, 0.2) is 30.3 Å². The van der Waals surface area contributed by atoms with Gasteiger partial charge in [0.25, 0.3) is 0 Å². The van der Waals surface area contributed by atoms with Gasteiger partial charge < -0.3 is 31.4 Å². The normalized spacial score (nSPS) is 11.9. The van der Waals surface area contributed by atoms with Gasteiger partial charge in [0, 0.05) is 18.9 Å². The molecule has 0 saturated carbocycles. The van der Waals surface area contributed by atoms with E-state index in [2.05, 4.69) is 42.7 Å². The molecule has 2 heterocycles. The summed E-state index contributed by atoms with van der Waals surface area (Å²) in [5, 5.41) is 2.35. The zero-order valence-electron chi connectivity index (χ0n) is 25.2. The van der Waals surface area contributed by atoms with Gasteiger partial charge in [-0.15, -0.1) is 0 Å². The molecule has 0 spiro atoms. The SMILES string of the molecule is CCCCCCCCOc1cc2c(cc1OC)-c1cc3ccc(OC)c(OC)c3c(CCCCCC)[n+]1CC2.[Cl-]. The van der Waals surface area contributed by atoms with Crippen LogP contribution in [-0.4, -0.2) is 27.9 Å². The molecule has 0 amide bonds. The molecule has 0 saturated heterocycles. The lowest BCUT2D eigenvalue weighted by molar-refractivity contribution is -0.693. The number of unbranched alkanes of at least 4 members (excludes halogenated alkanes) is 8. The summed E-state index contributed by atoms with van der Waals surface area (Å²) < 4.78 is 26.2. The number of hydrogen-bond acceptors (Lipinski definition) is 4. The molecule has 4 rings (SSSR count). The Morgan fingerprint density at radius 2 is 1.43 bits per heavy atom. The Morgan fingerprint density at radius 3 is 2.12 bits per heavy atom. The second-order valence-electron chi connectivity index (χ2n) is 10.7. The second-order valence-corrected chi connectivity index (χ2v) is 10.7. The summed E-state index contributed by atoms with van der Waals surface area (Å²) in [6.45, 7) is 6.19. The Bertz CT molecular complexity index is 1240. The van der Waals surface area contributed by atoms with E-state index < -0.39 is 0 Å². The van der Waals surface area contributed by atoms with E-state index in [0.29, 0.717) is 0 Å². The predicted molar refractivity (Wildman–Crippen MR) is 160 cm³/mol. The first-order valence-electron chi connectivity index (χ1n) is 15.1. The molecule has 3 aromatic rings. The molecule has 0 radical (unpaired) electrons. The van der Waals surface area contributed by atoms with Crippen LogP contribution in [0.3, 0.4) is 0 Å². The van der Waals surface area contributed by atoms with Crippen molar-refractivity contribution in [2.45, 2.75) is 97.4 Å². The summed E-state index contributed by atoms with van der Waals surface area (Å²) in [7, 11) is 5.20. The van der Waals surface area contributed by atoms with Crippen LogP contribution >= 0.6 is 0 Å². The summed E-state index contributed by atoms with van der Waals surface area (Å²) >= 11 is 0. The molecule has 0 bridgehead atoms. The highest BCUT2D eigenvalue weighted by Gasteiger charge is 2.31. The van der Waals surface area contributed by atoms with Crippen molar-refractivity contribution in [3.8, 4) is 34.3 Å². The number of halogens is 1. The molecule has 40 heavy (non-hydrogen) atoms.